The van der Waals surface area contributed by atoms with Gasteiger partial charge in [-0.1, -0.05) is 6.42 Å². The maximum absolute atomic E-state index is 12.6. The molecule has 1 fully saturated rings. The zero-order valence-corrected chi connectivity index (χ0v) is 12.7. The van der Waals surface area contributed by atoms with Crippen molar-refractivity contribution in [2.75, 3.05) is 20.2 Å². The standard InChI is InChI=1S/C17H22N2O2/c1-12-5-3-4-8-19(12)11-17(20)15-10-18-16-7-6-13(21-2)9-14(15)16/h6-7,9-10,12,18H,3-5,8,11H2,1-2H3/t12-/m1/s1. The number of aromatic amines is 1. The zero-order valence-electron chi connectivity index (χ0n) is 12.7. The molecule has 0 saturated carbocycles. The molecule has 0 amide bonds. The van der Waals surface area contributed by atoms with Gasteiger partial charge in [0.05, 0.1) is 13.7 Å². The first-order valence-electron chi connectivity index (χ1n) is 7.61. The lowest BCUT2D eigenvalue weighted by Gasteiger charge is -2.32. The van der Waals surface area contributed by atoms with Crippen LogP contribution in [0.4, 0.5) is 0 Å². The third-order valence-corrected chi connectivity index (χ3v) is 4.48. The van der Waals surface area contributed by atoms with E-state index >= 15 is 0 Å². The number of piperidine rings is 1. The van der Waals surface area contributed by atoms with Crippen molar-refractivity contribution < 1.29 is 9.53 Å². The minimum atomic E-state index is 0.184. The predicted octanol–water partition coefficient (Wildman–Crippen LogP) is 3.23. The molecule has 1 saturated heterocycles. The van der Waals surface area contributed by atoms with Gasteiger partial charge in [0.15, 0.2) is 5.78 Å². The number of methoxy groups -OCH3 is 1. The van der Waals surface area contributed by atoms with E-state index in [-0.39, 0.29) is 5.78 Å². The molecule has 1 N–H and O–H groups in total. The van der Waals surface area contributed by atoms with Crippen molar-refractivity contribution in [3.8, 4) is 5.75 Å². The van der Waals surface area contributed by atoms with Crippen molar-refractivity contribution in [2.24, 2.45) is 0 Å². The number of rotatable bonds is 4. The lowest BCUT2D eigenvalue weighted by Crippen LogP contribution is -2.40. The number of benzene rings is 1. The van der Waals surface area contributed by atoms with E-state index in [9.17, 15) is 4.79 Å². The van der Waals surface area contributed by atoms with E-state index in [4.69, 9.17) is 4.74 Å². The van der Waals surface area contributed by atoms with Gasteiger partial charge in [-0.2, -0.15) is 0 Å². The van der Waals surface area contributed by atoms with Crippen molar-refractivity contribution in [3.05, 3.63) is 30.0 Å². The highest BCUT2D eigenvalue weighted by Crippen LogP contribution is 2.25. The van der Waals surface area contributed by atoms with Crippen LogP contribution in [0.25, 0.3) is 10.9 Å². The molecule has 0 radical (unpaired) electrons. The lowest BCUT2D eigenvalue weighted by molar-refractivity contribution is 0.0862. The fourth-order valence-electron chi connectivity index (χ4n) is 3.12. The molecule has 1 aromatic carbocycles. The zero-order chi connectivity index (χ0) is 14.8. The van der Waals surface area contributed by atoms with Gasteiger partial charge in [0.1, 0.15) is 5.75 Å². The second kappa shape index (κ2) is 5.90. The van der Waals surface area contributed by atoms with E-state index in [2.05, 4.69) is 16.8 Å². The first-order chi connectivity index (χ1) is 10.2. The van der Waals surface area contributed by atoms with E-state index in [1.165, 1.54) is 19.3 Å². The summed E-state index contributed by atoms with van der Waals surface area (Å²) in [6.45, 7) is 3.74. The van der Waals surface area contributed by atoms with Crippen LogP contribution in [0.2, 0.25) is 0 Å². The first kappa shape index (κ1) is 14.1. The molecule has 1 aliphatic heterocycles. The van der Waals surface area contributed by atoms with Gasteiger partial charge in [-0.25, -0.2) is 0 Å². The molecule has 0 spiro atoms. The van der Waals surface area contributed by atoms with Gasteiger partial charge < -0.3 is 9.72 Å². The maximum atomic E-state index is 12.6. The summed E-state index contributed by atoms with van der Waals surface area (Å²) in [6, 6.07) is 6.29. The molecule has 112 valence electrons. The Morgan fingerprint density at radius 2 is 2.29 bits per heavy atom. The molecule has 4 nitrogen and oxygen atoms in total. The van der Waals surface area contributed by atoms with Crippen LogP contribution in [0.5, 0.6) is 5.75 Å². The molecule has 2 heterocycles. The van der Waals surface area contributed by atoms with Gasteiger partial charge >= 0.3 is 0 Å². The largest absolute Gasteiger partial charge is 0.497 e. The normalized spacial score (nSPS) is 19.8. The number of H-pyrrole nitrogens is 1. The predicted molar refractivity (Wildman–Crippen MR) is 84.1 cm³/mol. The van der Waals surface area contributed by atoms with Gasteiger partial charge in [-0.05, 0) is 44.5 Å². The van der Waals surface area contributed by atoms with Gasteiger partial charge in [0.2, 0.25) is 0 Å². The Morgan fingerprint density at radius 1 is 1.43 bits per heavy atom. The van der Waals surface area contributed by atoms with Crippen molar-refractivity contribution in [1.29, 1.82) is 0 Å². The molecule has 3 rings (SSSR count). The Labute approximate surface area is 125 Å². The Bertz CT molecular complexity index is 647. The summed E-state index contributed by atoms with van der Waals surface area (Å²) >= 11 is 0. The van der Waals surface area contributed by atoms with Crippen LogP contribution in [0.15, 0.2) is 24.4 Å². The molecule has 1 atom stereocenters. The molecule has 1 aliphatic rings. The summed E-state index contributed by atoms with van der Waals surface area (Å²) in [5.74, 6) is 0.964. The highest BCUT2D eigenvalue weighted by molar-refractivity contribution is 6.09. The maximum Gasteiger partial charge on any atom is 0.178 e. The summed E-state index contributed by atoms with van der Waals surface area (Å²) in [7, 11) is 1.64. The molecular weight excluding hydrogens is 264 g/mol. The number of likely N-dealkylation sites (tertiary alicyclic amines) is 1. The second-order valence-electron chi connectivity index (χ2n) is 5.85. The summed E-state index contributed by atoms with van der Waals surface area (Å²) in [4.78, 5) is 18.1. The van der Waals surface area contributed by atoms with E-state index in [1.54, 1.807) is 7.11 Å². The minimum absolute atomic E-state index is 0.184. The van der Waals surface area contributed by atoms with Crippen LogP contribution in [0.1, 0.15) is 36.5 Å². The molecule has 21 heavy (non-hydrogen) atoms. The van der Waals surface area contributed by atoms with Crippen molar-refractivity contribution >= 4 is 16.7 Å². The minimum Gasteiger partial charge on any atom is -0.497 e. The number of carbonyl (C=O) groups excluding carboxylic acids is 1. The highest BCUT2D eigenvalue weighted by Gasteiger charge is 2.22. The Kier molecular flexibility index (Phi) is 3.97. The molecule has 0 unspecified atom stereocenters. The molecule has 1 aromatic heterocycles. The van der Waals surface area contributed by atoms with Gasteiger partial charge in [-0.15, -0.1) is 0 Å². The number of ketones is 1. The Hall–Kier alpha value is -1.81. The quantitative estimate of drug-likeness (QED) is 0.878. The molecule has 4 heteroatoms. The van der Waals surface area contributed by atoms with Crippen molar-refractivity contribution in [1.82, 2.24) is 9.88 Å². The lowest BCUT2D eigenvalue weighted by atomic mass is 10.0. The number of aromatic nitrogens is 1. The average molecular weight is 286 g/mol. The van der Waals surface area contributed by atoms with Gasteiger partial charge in [-0.3, -0.25) is 9.69 Å². The number of Topliss-reactive ketones (excluding diaryl/α,β-unsaturated/α-hetero) is 1. The number of carbonyl (C=O) groups is 1. The number of ether oxygens (including phenoxy) is 1. The first-order valence-corrected chi connectivity index (χ1v) is 7.61. The van der Waals surface area contributed by atoms with E-state index in [1.807, 2.05) is 24.4 Å². The highest BCUT2D eigenvalue weighted by atomic mass is 16.5. The molecule has 0 aliphatic carbocycles. The summed E-state index contributed by atoms with van der Waals surface area (Å²) in [5.41, 5.74) is 1.74. The van der Waals surface area contributed by atoms with Crippen LogP contribution in [0, 0.1) is 0 Å². The molecule has 0 bridgehead atoms. The van der Waals surface area contributed by atoms with E-state index in [0.717, 1.165) is 28.8 Å². The number of hydrogen-bond acceptors (Lipinski definition) is 3. The van der Waals surface area contributed by atoms with Gasteiger partial charge in [0.25, 0.3) is 0 Å². The van der Waals surface area contributed by atoms with E-state index in [0.29, 0.717) is 12.6 Å². The summed E-state index contributed by atoms with van der Waals surface area (Å²) < 4.78 is 5.26. The monoisotopic (exact) mass is 286 g/mol. The van der Waals surface area contributed by atoms with Crippen LogP contribution in [-0.4, -0.2) is 41.9 Å². The molecular formula is C17H22N2O2. The van der Waals surface area contributed by atoms with E-state index < -0.39 is 0 Å². The summed E-state index contributed by atoms with van der Waals surface area (Å²) in [5, 5.41) is 0.948. The van der Waals surface area contributed by atoms with Crippen LogP contribution < -0.4 is 4.74 Å². The third kappa shape index (κ3) is 2.81. The number of nitrogens with zero attached hydrogens (tertiary/aromatic N) is 1. The second-order valence-corrected chi connectivity index (χ2v) is 5.85. The smallest absolute Gasteiger partial charge is 0.178 e. The summed E-state index contributed by atoms with van der Waals surface area (Å²) in [6.07, 6.45) is 5.48. The Morgan fingerprint density at radius 3 is 3.05 bits per heavy atom. The van der Waals surface area contributed by atoms with Gasteiger partial charge in [0, 0.05) is 28.7 Å². The SMILES string of the molecule is COc1ccc2[nH]cc(C(=O)CN3CCCC[C@H]3C)c2c1. The number of fused-ring (bicyclic) bond motifs is 1. The fraction of sp³-hybridized carbons (Fsp3) is 0.471. The fourth-order valence-corrected chi connectivity index (χ4v) is 3.12. The average Bonchev–Trinajstić information content (AvgIpc) is 2.92. The topological polar surface area (TPSA) is 45.3 Å². The van der Waals surface area contributed by atoms with Crippen LogP contribution in [0.3, 0.4) is 0 Å². The van der Waals surface area contributed by atoms with Crippen molar-refractivity contribution in [2.45, 2.75) is 32.2 Å². The Balaban J connectivity index is 1.84. The number of nitrogens with one attached hydrogen (secondary N) is 1. The van der Waals surface area contributed by atoms with Crippen LogP contribution in [-0.2, 0) is 0 Å². The number of hydrogen-bond donors (Lipinski definition) is 1. The third-order valence-electron chi connectivity index (χ3n) is 4.48. The van der Waals surface area contributed by atoms with Crippen LogP contribution >= 0.6 is 0 Å². The molecule has 2 aromatic rings. The van der Waals surface area contributed by atoms with Crippen molar-refractivity contribution in [3.63, 3.8) is 0 Å².